The molecule has 0 bridgehead atoms. The molecule has 0 aliphatic carbocycles. The van der Waals surface area contributed by atoms with Crippen molar-refractivity contribution in [2.45, 2.75) is 46.7 Å². The van der Waals surface area contributed by atoms with Crippen molar-refractivity contribution in [2.75, 3.05) is 0 Å². The van der Waals surface area contributed by atoms with E-state index in [-0.39, 0.29) is 23.8 Å². The van der Waals surface area contributed by atoms with Gasteiger partial charge in [-0.05, 0) is 73.8 Å². The molecule has 0 saturated carbocycles. The lowest BCUT2D eigenvalue weighted by atomic mass is 10.00. The van der Waals surface area contributed by atoms with Crippen LogP contribution in [0.5, 0.6) is 0 Å². The highest BCUT2D eigenvalue weighted by Crippen LogP contribution is 2.28. The van der Waals surface area contributed by atoms with Gasteiger partial charge in [0.05, 0.1) is 5.56 Å². The zero-order chi connectivity index (χ0) is 18.7. The zero-order valence-corrected chi connectivity index (χ0v) is 16.9. The van der Waals surface area contributed by atoms with Gasteiger partial charge in [-0.1, -0.05) is 30.3 Å². The van der Waals surface area contributed by atoms with Crippen molar-refractivity contribution in [3.63, 3.8) is 0 Å². The summed E-state index contributed by atoms with van der Waals surface area (Å²) in [6.07, 6.45) is 0. The third kappa shape index (κ3) is 4.37. The maximum atomic E-state index is 13.0. The molecule has 0 spiro atoms. The number of carbonyl (C=O) groups excluding carboxylic acids is 2. The zero-order valence-electron chi connectivity index (χ0n) is 15.3. The van der Waals surface area contributed by atoms with E-state index in [0.29, 0.717) is 11.1 Å². The maximum absolute atomic E-state index is 13.0. The summed E-state index contributed by atoms with van der Waals surface area (Å²) in [4.78, 5) is 26.3. The highest BCUT2D eigenvalue weighted by molar-refractivity contribution is 9.10. The highest BCUT2D eigenvalue weighted by atomic mass is 79.9. The van der Waals surface area contributed by atoms with Crippen LogP contribution in [0.15, 0.2) is 46.9 Å². The Kier molecular flexibility index (Phi) is 6.17. The van der Waals surface area contributed by atoms with E-state index in [1.165, 1.54) is 0 Å². The molecule has 4 heteroatoms. The maximum Gasteiger partial charge on any atom is 0.255 e. The van der Waals surface area contributed by atoms with Crippen LogP contribution >= 0.6 is 15.9 Å². The predicted molar refractivity (Wildman–Crippen MR) is 106 cm³/mol. The van der Waals surface area contributed by atoms with Crippen LogP contribution < -0.4 is 0 Å². The topological polar surface area (TPSA) is 37.4 Å². The summed E-state index contributed by atoms with van der Waals surface area (Å²) in [6, 6.07) is 13.5. The lowest BCUT2D eigenvalue weighted by molar-refractivity contribution is 0.0642. The summed E-state index contributed by atoms with van der Waals surface area (Å²) in [6.45, 7) is 9.65. The van der Waals surface area contributed by atoms with Crippen LogP contribution in [0.4, 0.5) is 0 Å². The minimum absolute atomic E-state index is 0.0130. The summed E-state index contributed by atoms with van der Waals surface area (Å²) in [5.74, 6) is 0.0572. The average molecular weight is 402 g/mol. The molecule has 132 valence electrons. The van der Waals surface area contributed by atoms with Crippen molar-refractivity contribution in [1.29, 1.82) is 0 Å². The molecule has 1 amide bonds. The first-order valence-corrected chi connectivity index (χ1v) is 9.25. The molecule has 3 nitrogen and oxygen atoms in total. The van der Waals surface area contributed by atoms with Crippen molar-refractivity contribution in [1.82, 2.24) is 4.90 Å². The fourth-order valence-corrected chi connectivity index (χ4v) is 3.39. The average Bonchev–Trinajstić information content (AvgIpc) is 2.54. The minimum Gasteiger partial charge on any atom is -0.334 e. The first kappa shape index (κ1) is 19.4. The number of nitrogens with zero attached hydrogens (tertiary/aromatic N) is 1. The van der Waals surface area contributed by atoms with Gasteiger partial charge in [0.15, 0.2) is 5.78 Å². The minimum atomic E-state index is 0.0130. The molecule has 2 aromatic carbocycles. The second-order valence-corrected chi connectivity index (χ2v) is 7.58. The molecule has 0 N–H and O–H groups in total. The summed E-state index contributed by atoms with van der Waals surface area (Å²) in [5.41, 5.74) is 3.26. The second-order valence-electron chi connectivity index (χ2n) is 6.73. The van der Waals surface area contributed by atoms with Crippen LogP contribution in [0.1, 0.15) is 55.3 Å². The molecule has 0 aromatic heterocycles. The van der Waals surface area contributed by atoms with Crippen LogP contribution in [0.3, 0.4) is 0 Å². The number of Topliss-reactive ketones (excluding diaryl/α,β-unsaturated/α-hetero) is 1. The Morgan fingerprint density at radius 1 is 0.880 bits per heavy atom. The van der Waals surface area contributed by atoms with Gasteiger partial charge in [-0.25, -0.2) is 0 Å². The van der Waals surface area contributed by atoms with Gasteiger partial charge in [0.25, 0.3) is 5.91 Å². The number of carbonyl (C=O) groups is 2. The Morgan fingerprint density at radius 2 is 1.40 bits per heavy atom. The molecule has 0 aliphatic heterocycles. The highest BCUT2D eigenvalue weighted by Gasteiger charge is 2.23. The number of halogens is 1. The van der Waals surface area contributed by atoms with Crippen LogP contribution in [0, 0.1) is 0 Å². The Labute approximate surface area is 158 Å². The normalized spacial score (nSPS) is 11.0. The summed E-state index contributed by atoms with van der Waals surface area (Å²) < 4.78 is 0.785. The SMILES string of the molecule is CC(=O)c1ccc(-c2ccc(Br)c(C(=O)N(C(C)C)C(C)C)c2)cc1. The molecule has 0 unspecified atom stereocenters. The van der Waals surface area contributed by atoms with Crippen molar-refractivity contribution >= 4 is 27.6 Å². The molecule has 0 aliphatic rings. The molecule has 0 saturated heterocycles. The third-order valence-corrected chi connectivity index (χ3v) is 4.86. The fourth-order valence-electron chi connectivity index (χ4n) is 2.97. The molecular formula is C21H24BrNO2. The van der Waals surface area contributed by atoms with Gasteiger partial charge in [0, 0.05) is 22.1 Å². The van der Waals surface area contributed by atoms with E-state index in [1.54, 1.807) is 6.92 Å². The monoisotopic (exact) mass is 401 g/mol. The molecule has 0 atom stereocenters. The smallest absolute Gasteiger partial charge is 0.255 e. The number of hydrogen-bond donors (Lipinski definition) is 0. The standard InChI is InChI=1S/C21H24BrNO2/c1-13(2)23(14(3)4)21(25)19-12-18(10-11-20(19)22)17-8-6-16(7-9-17)15(5)24/h6-14H,1-5H3. The number of hydrogen-bond acceptors (Lipinski definition) is 2. The van der Waals surface area contributed by atoms with Gasteiger partial charge in [0.2, 0.25) is 0 Å². The quantitative estimate of drug-likeness (QED) is 0.613. The van der Waals surface area contributed by atoms with Crippen LogP contribution in [-0.4, -0.2) is 28.7 Å². The molecule has 25 heavy (non-hydrogen) atoms. The summed E-state index contributed by atoms with van der Waals surface area (Å²) in [5, 5.41) is 0. The van der Waals surface area contributed by atoms with Crippen LogP contribution in [-0.2, 0) is 0 Å². The molecule has 0 radical (unpaired) electrons. The lowest BCUT2D eigenvalue weighted by Crippen LogP contribution is -2.42. The number of ketones is 1. The van der Waals surface area contributed by atoms with Gasteiger partial charge in [-0.3, -0.25) is 9.59 Å². The first-order valence-electron chi connectivity index (χ1n) is 8.46. The lowest BCUT2D eigenvalue weighted by Gasteiger charge is -2.31. The van der Waals surface area contributed by atoms with E-state index in [0.717, 1.165) is 15.6 Å². The predicted octanol–water partition coefficient (Wildman–Crippen LogP) is 5.58. The largest absolute Gasteiger partial charge is 0.334 e. The fraction of sp³-hybridized carbons (Fsp3) is 0.333. The Bertz CT molecular complexity index is 771. The van der Waals surface area contributed by atoms with E-state index in [9.17, 15) is 9.59 Å². The summed E-state index contributed by atoms with van der Waals surface area (Å²) in [7, 11) is 0. The second kappa shape index (κ2) is 7.96. The van der Waals surface area contributed by atoms with Crippen molar-refractivity contribution in [2.24, 2.45) is 0 Å². The molecule has 2 aromatic rings. The Morgan fingerprint density at radius 3 is 1.88 bits per heavy atom. The van der Waals surface area contributed by atoms with E-state index >= 15 is 0 Å². The number of benzene rings is 2. The van der Waals surface area contributed by atoms with Crippen molar-refractivity contribution in [3.8, 4) is 11.1 Å². The van der Waals surface area contributed by atoms with Gasteiger partial charge in [0.1, 0.15) is 0 Å². The van der Waals surface area contributed by atoms with E-state index < -0.39 is 0 Å². The van der Waals surface area contributed by atoms with E-state index in [4.69, 9.17) is 0 Å². The van der Waals surface area contributed by atoms with Gasteiger partial charge < -0.3 is 4.90 Å². The summed E-state index contributed by atoms with van der Waals surface area (Å²) >= 11 is 3.51. The molecule has 0 fully saturated rings. The number of amides is 1. The van der Waals surface area contributed by atoms with Crippen molar-refractivity contribution < 1.29 is 9.59 Å². The van der Waals surface area contributed by atoms with Crippen LogP contribution in [0.2, 0.25) is 0 Å². The van der Waals surface area contributed by atoms with Gasteiger partial charge >= 0.3 is 0 Å². The van der Waals surface area contributed by atoms with Gasteiger partial charge in [-0.15, -0.1) is 0 Å². The molecule has 0 heterocycles. The van der Waals surface area contributed by atoms with Crippen LogP contribution in [0.25, 0.3) is 11.1 Å². The molecular weight excluding hydrogens is 378 g/mol. The number of rotatable bonds is 5. The Balaban J connectivity index is 2.43. The Hall–Kier alpha value is -1.94. The van der Waals surface area contributed by atoms with E-state index in [2.05, 4.69) is 15.9 Å². The first-order chi connectivity index (χ1) is 11.7. The van der Waals surface area contributed by atoms with E-state index in [1.807, 2.05) is 75.1 Å². The molecule has 2 rings (SSSR count). The van der Waals surface area contributed by atoms with Gasteiger partial charge in [-0.2, -0.15) is 0 Å². The third-order valence-electron chi connectivity index (χ3n) is 4.17. The van der Waals surface area contributed by atoms with Crippen molar-refractivity contribution in [3.05, 3.63) is 58.1 Å².